The van der Waals surface area contributed by atoms with E-state index in [9.17, 15) is 9.59 Å². The standard InChI is InChI=1S/C15H17N3O2S/c1-10(19)16-14-17-18(11(2)20)15(21-14)9-5-7-12-6-3-4-8-13(12)15/h3-4,6,8H,5,7,9H2,1-2H3,(H,16,17,19). The van der Waals surface area contributed by atoms with E-state index >= 15 is 0 Å². The minimum absolute atomic E-state index is 0.112. The summed E-state index contributed by atoms with van der Waals surface area (Å²) < 4.78 is 0. The lowest BCUT2D eigenvalue weighted by Gasteiger charge is -2.39. The lowest BCUT2D eigenvalue weighted by Crippen LogP contribution is -2.42. The van der Waals surface area contributed by atoms with Crippen molar-refractivity contribution in [3.8, 4) is 0 Å². The van der Waals surface area contributed by atoms with E-state index in [1.54, 1.807) is 0 Å². The van der Waals surface area contributed by atoms with E-state index in [1.165, 1.54) is 36.2 Å². The lowest BCUT2D eigenvalue weighted by atomic mass is 9.86. The number of carbonyl (C=O) groups excluding carboxylic acids is 2. The normalized spacial score (nSPS) is 23.7. The van der Waals surface area contributed by atoms with Crippen molar-refractivity contribution in [2.45, 2.75) is 38.0 Å². The van der Waals surface area contributed by atoms with Crippen molar-refractivity contribution in [2.24, 2.45) is 5.10 Å². The number of fused-ring (bicyclic) bond motifs is 2. The quantitative estimate of drug-likeness (QED) is 0.799. The van der Waals surface area contributed by atoms with E-state index in [-0.39, 0.29) is 11.8 Å². The highest BCUT2D eigenvalue weighted by Gasteiger charge is 2.49. The van der Waals surface area contributed by atoms with Crippen molar-refractivity contribution in [3.63, 3.8) is 0 Å². The Morgan fingerprint density at radius 1 is 1.33 bits per heavy atom. The zero-order chi connectivity index (χ0) is 15.0. The van der Waals surface area contributed by atoms with Crippen LogP contribution in [0.3, 0.4) is 0 Å². The van der Waals surface area contributed by atoms with Gasteiger partial charge in [0, 0.05) is 13.8 Å². The number of amidine groups is 1. The number of benzene rings is 1. The highest BCUT2D eigenvalue weighted by Crippen LogP contribution is 2.52. The van der Waals surface area contributed by atoms with Crippen LogP contribution in [0, 0.1) is 0 Å². The minimum Gasteiger partial charge on any atom is -0.304 e. The molecular weight excluding hydrogens is 286 g/mol. The smallest absolute Gasteiger partial charge is 0.241 e. The van der Waals surface area contributed by atoms with Crippen LogP contribution in [0.4, 0.5) is 0 Å². The highest BCUT2D eigenvalue weighted by atomic mass is 32.2. The molecule has 0 fully saturated rings. The molecule has 110 valence electrons. The first-order valence-electron chi connectivity index (χ1n) is 6.97. The average Bonchev–Trinajstić information content (AvgIpc) is 2.78. The summed E-state index contributed by atoms with van der Waals surface area (Å²) in [7, 11) is 0. The molecule has 1 aliphatic heterocycles. The van der Waals surface area contributed by atoms with Crippen LogP contribution < -0.4 is 5.32 Å². The second kappa shape index (κ2) is 5.18. The summed E-state index contributed by atoms with van der Waals surface area (Å²) in [4.78, 5) is 22.8. The summed E-state index contributed by atoms with van der Waals surface area (Å²) in [5, 5.41) is 9.07. The predicted octanol–water partition coefficient (Wildman–Crippen LogP) is 2.18. The molecule has 0 saturated heterocycles. The van der Waals surface area contributed by atoms with Crippen LogP contribution in [0.5, 0.6) is 0 Å². The lowest BCUT2D eigenvalue weighted by molar-refractivity contribution is -0.132. The predicted molar refractivity (Wildman–Crippen MR) is 82.4 cm³/mol. The van der Waals surface area contributed by atoms with Gasteiger partial charge in [0.05, 0.1) is 0 Å². The van der Waals surface area contributed by atoms with Crippen LogP contribution in [0.25, 0.3) is 0 Å². The molecule has 1 aliphatic carbocycles. The fourth-order valence-corrected chi connectivity index (χ4v) is 4.47. The minimum atomic E-state index is -0.515. The van der Waals surface area contributed by atoms with Gasteiger partial charge in [0.1, 0.15) is 4.87 Å². The highest BCUT2D eigenvalue weighted by molar-refractivity contribution is 8.14. The molecule has 2 amide bonds. The Morgan fingerprint density at radius 2 is 2.10 bits per heavy atom. The fraction of sp³-hybridized carbons (Fsp3) is 0.400. The second-order valence-electron chi connectivity index (χ2n) is 5.31. The zero-order valence-corrected chi connectivity index (χ0v) is 12.9. The van der Waals surface area contributed by atoms with Crippen molar-refractivity contribution >= 4 is 28.7 Å². The maximum absolute atomic E-state index is 12.1. The maximum atomic E-state index is 12.1. The van der Waals surface area contributed by atoms with Crippen LogP contribution >= 0.6 is 11.8 Å². The number of aryl methyl sites for hydroxylation is 1. The van der Waals surface area contributed by atoms with Crippen molar-refractivity contribution in [1.29, 1.82) is 0 Å². The molecular formula is C15H17N3O2S. The van der Waals surface area contributed by atoms with Gasteiger partial charge in [-0.2, -0.15) is 0 Å². The Morgan fingerprint density at radius 3 is 2.81 bits per heavy atom. The molecule has 0 aromatic heterocycles. The van der Waals surface area contributed by atoms with Gasteiger partial charge in [-0.3, -0.25) is 9.59 Å². The summed E-state index contributed by atoms with van der Waals surface area (Å²) in [5.74, 6) is -0.287. The van der Waals surface area contributed by atoms with Crippen LogP contribution in [0.15, 0.2) is 29.4 Å². The molecule has 2 aliphatic rings. The number of hydrogen-bond acceptors (Lipinski definition) is 4. The first-order valence-corrected chi connectivity index (χ1v) is 7.79. The Bertz CT molecular complexity index is 644. The summed E-state index contributed by atoms with van der Waals surface area (Å²) >= 11 is 1.46. The molecule has 1 N–H and O–H groups in total. The SMILES string of the molecule is CC(=O)NC1=NN(C(C)=O)C2(CCCc3ccccc32)S1. The van der Waals surface area contributed by atoms with Crippen LogP contribution in [-0.2, 0) is 20.9 Å². The number of hydrazone groups is 1. The molecule has 0 radical (unpaired) electrons. The third kappa shape index (κ3) is 2.33. The van der Waals surface area contributed by atoms with Gasteiger partial charge in [-0.1, -0.05) is 36.0 Å². The number of hydrogen-bond donors (Lipinski definition) is 1. The number of nitrogens with zero attached hydrogens (tertiary/aromatic N) is 2. The fourth-order valence-electron chi connectivity index (χ4n) is 3.02. The summed E-state index contributed by atoms with van der Waals surface area (Å²) in [5.41, 5.74) is 2.38. The number of nitrogens with one attached hydrogen (secondary N) is 1. The maximum Gasteiger partial charge on any atom is 0.241 e. The third-order valence-electron chi connectivity index (χ3n) is 3.78. The van der Waals surface area contributed by atoms with Gasteiger partial charge in [0.15, 0.2) is 5.17 Å². The van der Waals surface area contributed by atoms with E-state index in [0.717, 1.165) is 24.8 Å². The van der Waals surface area contributed by atoms with Crippen molar-refractivity contribution < 1.29 is 9.59 Å². The molecule has 1 aromatic rings. The number of amides is 2. The molecule has 3 rings (SSSR count). The number of thioether (sulfide) groups is 1. The molecule has 1 heterocycles. The molecule has 21 heavy (non-hydrogen) atoms. The monoisotopic (exact) mass is 303 g/mol. The molecule has 1 atom stereocenters. The van der Waals surface area contributed by atoms with Crippen molar-refractivity contribution in [1.82, 2.24) is 10.3 Å². The molecule has 1 aromatic carbocycles. The average molecular weight is 303 g/mol. The van der Waals surface area contributed by atoms with Crippen LogP contribution in [0.1, 0.15) is 37.8 Å². The first-order chi connectivity index (χ1) is 10.0. The second-order valence-corrected chi connectivity index (χ2v) is 6.58. The molecule has 5 nitrogen and oxygen atoms in total. The van der Waals surface area contributed by atoms with Gasteiger partial charge in [-0.05, 0) is 30.4 Å². The van der Waals surface area contributed by atoms with Gasteiger partial charge in [-0.15, -0.1) is 5.10 Å². The first kappa shape index (κ1) is 14.1. The Labute approximate surface area is 127 Å². The van der Waals surface area contributed by atoms with E-state index in [1.807, 2.05) is 12.1 Å². The van der Waals surface area contributed by atoms with Gasteiger partial charge in [0.2, 0.25) is 11.8 Å². The van der Waals surface area contributed by atoms with Gasteiger partial charge < -0.3 is 5.32 Å². The Kier molecular flexibility index (Phi) is 3.49. The van der Waals surface area contributed by atoms with E-state index in [0.29, 0.717) is 5.17 Å². The van der Waals surface area contributed by atoms with E-state index < -0.39 is 4.87 Å². The van der Waals surface area contributed by atoms with Crippen molar-refractivity contribution in [2.75, 3.05) is 0 Å². The van der Waals surface area contributed by atoms with E-state index in [4.69, 9.17) is 0 Å². The van der Waals surface area contributed by atoms with Gasteiger partial charge in [0.25, 0.3) is 0 Å². The summed E-state index contributed by atoms with van der Waals surface area (Å²) in [6.07, 6.45) is 2.84. The largest absolute Gasteiger partial charge is 0.304 e. The molecule has 0 saturated carbocycles. The molecule has 0 bridgehead atoms. The summed E-state index contributed by atoms with van der Waals surface area (Å²) in [6, 6.07) is 8.17. The summed E-state index contributed by atoms with van der Waals surface area (Å²) in [6.45, 7) is 2.96. The van der Waals surface area contributed by atoms with Crippen LogP contribution in [0.2, 0.25) is 0 Å². The molecule has 1 spiro atoms. The number of carbonyl (C=O) groups is 2. The van der Waals surface area contributed by atoms with Gasteiger partial charge >= 0.3 is 0 Å². The van der Waals surface area contributed by atoms with Crippen LogP contribution in [-0.4, -0.2) is 22.0 Å². The number of rotatable bonds is 0. The third-order valence-corrected chi connectivity index (χ3v) is 5.09. The topological polar surface area (TPSA) is 61.8 Å². The van der Waals surface area contributed by atoms with Gasteiger partial charge in [-0.25, -0.2) is 5.01 Å². The Hall–Kier alpha value is -1.82. The molecule has 1 unspecified atom stereocenters. The van der Waals surface area contributed by atoms with E-state index in [2.05, 4.69) is 22.6 Å². The zero-order valence-electron chi connectivity index (χ0n) is 12.0. The Balaban J connectivity index is 2.05. The molecule has 6 heteroatoms. The van der Waals surface area contributed by atoms with Crippen molar-refractivity contribution in [3.05, 3.63) is 35.4 Å².